The van der Waals surface area contributed by atoms with Gasteiger partial charge >= 0.3 is 0 Å². The molecule has 0 saturated heterocycles. The van der Waals surface area contributed by atoms with E-state index in [4.69, 9.17) is 23.7 Å². The van der Waals surface area contributed by atoms with Crippen LogP contribution in [-0.2, 0) is 4.79 Å². The minimum Gasteiger partial charge on any atom is -0.389 e. The monoisotopic (exact) mass is 297 g/mol. The number of primary amides is 1. The highest BCUT2D eigenvalue weighted by atomic mass is 32.2. The Balaban J connectivity index is 2.78. The van der Waals surface area contributed by atoms with E-state index < -0.39 is 0 Å². The third-order valence-corrected chi connectivity index (χ3v) is 3.63. The van der Waals surface area contributed by atoms with Crippen molar-refractivity contribution in [2.75, 3.05) is 17.6 Å². The van der Waals surface area contributed by atoms with Crippen molar-refractivity contribution in [1.82, 2.24) is 0 Å². The van der Waals surface area contributed by atoms with E-state index in [0.29, 0.717) is 24.4 Å². The topological polar surface area (TPSA) is 81.1 Å². The second kappa shape index (κ2) is 8.01. The molecule has 0 heterocycles. The molecule has 0 atom stereocenters. The number of thiocarbonyl (C=S) groups is 1. The molecule has 0 unspecified atom stereocenters. The summed E-state index contributed by atoms with van der Waals surface area (Å²) in [4.78, 5) is 12.1. The van der Waals surface area contributed by atoms with Crippen LogP contribution in [0.4, 0.5) is 5.69 Å². The Kier molecular flexibility index (Phi) is 6.66. The molecule has 0 spiro atoms. The second-order valence-electron chi connectivity index (χ2n) is 3.97. The van der Waals surface area contributed by atoms with Gasteiger partial charge in [0.1, 0.15) is 4.99 Å². The number of benzene rings is 1. The molecule has 1 aromatic carbocycles. The smallest absolute Gasteiger partial charge is 0.217 e. The van der Waals surface area contributed by atoms with Gasteiger partial charge in [-0.3, -0.25) is 4.79 Å². The molecule has 0 radical (unpaired) electrons. The maximum absolute atomic E-state index is 10.7. The summed E-state index contributed by atoms with van der Waals surface area (Å²) in [6, 6.07) is 5.92. The Morgan fingerprint density at radius 1 is 1.42 bits per heavy atom. The van der Waals surface area contributed by atoms with Gasteiger partial charge in [-0.05, 0) is 24.3 Å². The van der Waals surface area contributed by atoms with Crippen molar-refractivity contribution in [3.05, 3.63) is 23.8 Å². The third kappa shape index (κ3) is 5.08. The fraction of sp³-hybridized carbons (Fsp3) is 0.385. The zero-order chi connectivity index (χ0) is 14.3. The van der Waals surface area contributed by atoms with E-state index in [1.807, 2.05) is 18.2 Å². The number of hydrogen-bond donors (Lipinski definition) is 3. The summed E-state index contributed by atoms with van der Waals surface area (Å²) < 4.78 is 0. The van der Waals surface area contributed by atoms with Crippen LogP contribution in [0.5, 0.6) is 0 Å². The van der Waals surface area contributed by atoms with E-state index in [-0.39, 0.29) is 5.91 Å². The fourth-order valence-corrected chi connectivity index (χ4v) is 2.83. The standard InChI is InChI=1S/C13H19N3OS2/c1-2-19-10-6-3-5-9(12(10)13(15)18)16-8-4-7-11(14)17/h3,5-6,16H,2,4,7-8H2,1H3,(H2,14,17)(H2,15,18). The SMILES string of the molecule is CCSc1cccc(NCCCC(N)=O)c1C(N)=S. The van der Waals surface area contributed by atoms with E-state index in [1.54, 1.807) is 11.8 Å². The van der Waals surface area contributed by atoms with Gasteiger partial charge in [0.05, 0.1) is 0 Å². The third-order valence-electron chi connectivity index (χ3n) is 2.49. The van der Waals surface area contributed by atoms with Crippen LogP contribution in [0.25, 0.3) is 0 Å². The number of thioether (sulfide) groups is 1. The lowest BCUT2D eigenvalue weighted by Gasteiger charge is -2.14. The van der Waals surface area contributed by atoms with E-state index in [0.717, 1.165) is 21.9 Å². The highest BCUT2D eigenvalue weighted by molar-refractivity contribution is 7.99. The van der Waals surface area contributed by atoms with Gasteiger partial charge < -0.3 is 16.8 Å². The van der Waals surface area contributed by atoms with Crippen molar-refractivity contribution in [2.45, 2.75) is 24.7 Å². The molecular weight excluding hydrogens is 278 g/mol. The zero-order valence-corrected chi connectivity index (χ0v) is 12.6. The number of nitrogens with two attached hydrogens (primary N) is 2. The lowest BCUT2D eigenvalue weighted by Crippen LogP contribution is -2.16. The van der Waals surface area contributed by atoms with E-state index in [1.165, 1.54) is 0 Å². The molecule has 0 aliphatic rings. The van der Waals surface area contributed by atoms with Crippen LogP contribution in [0.15, 0.2) is 23.1 Å². The van der Waals surface area contributed by atoms with E-state index in [9.17, 15) is 4.79 Å². The molecule has 4 nitrogen and oxygen atoms in total. The molecule has 0 aliphatic heterocycles. The molecule has 0 aliphatic carbocycles. The van der Waals surface area contributed by atoms with Gasteiger partial charge in [-0.15, -0.1) is 11.8 Å². The summed E-state index contributed by atoms with van der Waals surface area (Å²) in [5.74, 6) is 0.674. The van der Waals surface area contributed by atoms with Crippen molar-refractivity contribution in [1.29, 1.82) is 0 Å². The molecule has 1 amide bonds. The Hall–Kier alpha value is -1.27. The van der Waals surface area contributed by atoms with Crippen LogP contribution in [0, 0.1) is 0 Å². The van der Waals surface area contributed by atoms with Gasteiger partial charge in [-0.2, -0.15) is 0 Å². The van der Waals surface area contributed by atoms with Crippen LogP contribution in [0.3, 0.4) is 0 Å². The quantitative estimate of drug-likeness (QED) is 0.389. The first-order valence-corrected chi connectivity index (χ1v) is 7.53. The minimum atomic E-state index is -0.286. The van der Waals surface area contributed by atoms with Crippen LogP contribution < -0.4 is 16.8 Å². The maximum Gasteiger partial charge on any atom is 0.217 e. The van der Waals surface area contributed by atoms with E-state index >= 15 is 0 Å². The highest BCUT2D eigenvalue weighted by Gasteiger charge is 2.10. The molecule has 1 aromatic rings. The molecule has 0 fully saturated rings. The maximum atomic E-state index is 10.7. The van der Waals surface area contributed by atoms with Crippen LogP contribution in [0.1, 0.15) is 25.3 Å². The fourth-order valence-electron chi connectivity index (χ4n) is 1.69. The summed E-state index contributed by atoms with van der Waals surface area (Å²) in [5.41, 5.74) is 12.7. The van der Waals surface area contributed by atoms with Crippen molar-refractivity contribution < 1.29 is 4.79 Å². The molecule has 5 N–H and O–H groups in total. The van der Waals surface area contributed by atoms with Gasteiger partial charge in [-0.1, -0.05) is 25.2 Å². The Morgan fingerprint density at radius 3 is 2.74 bits per heavy atom. The predicted molar refractivity (Wildman–Crippen MR) is 85.6 cm³/mol. The van der Waals surface area contributed by atoms with Gasteiger partial charge in [0.25, 0.3) is 0 Å². The average Bonchev–Trinajstić information content (AvgIpc) is 2.34. The van der Waals surface area contributed by atoms with Crippen LogP contribution in [-0.4, -0.2) is 23.2 Å². The first-order valence-electron chi connectivity index (χ1n) is 6.14. The Morgan fingerprint density at radius 2 is 2.16 bits per heavy atom. The molecular formula is C13H19N3OS2. The first-order chi connectivity index (χ1) is 9.06. The number of amides is 1. The molecule has 0 saturated carbocycles. The summed E-state index contributed by atoms with van der Waals surface area (Å²) in [7, 11) is 0. The summed E-state index contributed by atoms with van der Waals surface area (Å²) in [6.07, 6.45) is 1.07. The number of rotatable bonds is 8. The number of hydrogen-bond acceptors (Lipinski definition) is 4. The lowest BCUT2D eigenvalue weighted by atomic mass is 10.1. The van der Waals surface area contributed by atoms with Gasteiger partial charge in [-0.25, -0.2) is 0 Å². The summed E-state index contributed by atoms with van der Waals surface area (Å²) >= 11 is 6.83. The number of carbonyl (C=O) groups is 1. The molecule has 0 aromatic heterocycles. The average molecular weight is 297 g/mol. The van der Waals surface area contributed by atoms with Gasteiger partial charge in [0.2, 0.25) is 5.91 Å². The minimum absolute atomic E-state index is 0.286. The summed E-state index contributed by atoms with van der Waals surface area (Å²) in [6.45, 7) is 2.75. The second-order valence-corrected chi connectivity index (χ2v) is 5.72. The van der Waals surface area contributed by atoms with Crippen molar-refractivity contribution in [2.24, 2.45) is 11.5 Å². The Labute approximate surface area is 123 Å². The number of nitrogens with one attached hydrogen (secondary N) is 1. The van der Waals surface area contributed by atoms with E-state index in [2.05, 4.69) is 12.2 Å². The van der Waals surface area contributed by atoms with Crippen LogP contribution >= 0.6 is 24.0 Å². The predicted octanol–water partition coefficient (Wildman–Crippen LogP) is 2.11. The lowest BCUT2D eigenvalue weighted by molar-refractivity contribution is -0.118. The molecule has 19 heavy (non-hydrogen) atoms. The van der Waals surface area contributed by atoms with Crippen molar-refractivity contribution in [3.63, 3.8) is 0 Å². The van der Waals surface area contributed by atoms with Crippen LogP contribution in [0.2, 0.25) is 0 Å². The number of carbonyl (C=O) groups excluding carboxylic acids is 1. The van der Waals surface area contributed by atoms with Gasteiger partial charge in [0, 0.05) is 29.1 Å². The molecule has 104 valence electrons. The van der Waals surface area contributed by atoms with Crippen molar-refractivity contribution in [3.8, 4) is 0 Å². The zero-order valence-electron chi connectivity index (χ0n) is 10.9. The van der Waals surface area contributed by atoms with Gasteiger partial charge in [0.15, 0.2) is 0 Å². The molecule has 6 heteroatoms. The highest BCUT2D eigenvalue weighted by Crippen LogP contribution is 2.28. The normalized spacial score (nSPS) is 10.2. The largest absolute Gasteiger partial charge is 0.389 e. The molecule has 1 rings (SSSR count). The Bertz CT molecular complexity index is 463. The van der Waals surface area contributed by atoms with Crippen molar-refractivity contribution >= 4 is 40.6 Å². The summed E-state index contributed by atoms with van der Waals surface area (Å²) in [5, 5.41) is 3.26. The first kappa shape index (κ1) is 15.8. The number of anilines is 1. The molecule has 0 bridgehead atoms.